The van der Waals surface area contributed by atoms with Gasteiger partial charge in [0.15, 0.2) is 0 Å². The first kappa shape index (κ1) is 9.67. The maximum atomic E-state index is 8.34. The first-order valence-corrected chi connectivity index (χ1v) is 3.92. The third kappa shape index (κ3) is 4.54. The Morgan fingerprint density at radius 3 is 2.70 bits per heavy atom. The summed E-state index contributed by atoms with van der Waals surface area (Å²) in [6.07, 6.45) is 0. The van der Waals surface area contributed by atoms with Crippen molar-refractivity contribution in [3.05, 3.63) is 11.1 Å². The fourth-order valence-corrected chi connectivity index (χ4v) is 0.977. The molecule has 0 bridgehead atoms. The third-order valence-electron chi connectivity index (χ3n) is 1.14. The van der Waals surface area contributed by atoms with Crippen LogP contribution in [0.2, 0.25) is 0 Å². The van der Waals surface area contributed by atoms with Gasteiger partial charge in [-0.15, -0.1) is 0 Å². The lowest BCUT2D eigenvalue weighted by Crippen LogP contribution is -2.24. The fraction of sp³-hybridized carbons (Fsp3) is 0.571. The van der Waals surface area contributed by atoms with Crippen molar-refractivity contribution in [2.75, 3.05) is 19.6 Å². The van der Waals surface area contributed by atoms with E-state index >= 15 is 0 Å². The largest absolute Gasteiger partial charge is 0.286 e. The highest BCUT2D eigenvalue weighted by Crippen LogP contribution is 2.02. The second kappa shape index (κ2) is 5.45. The third-order valence-corrected chi connectivity index (χ3v) is 1.39. The molecule has 0 saturated heterocycles. The quantitative estimate of drug-likeness (QED) is 0.650. The first-order valence-electron chi connectivity index (χ1n) is 3.13. The predicted octanol–water partition coefficient (Wildman–Crippen LogP) is 1.74. The summed E-state index contributed by atoms with van der Waals surface area (Å²) < 4.78 is 0.921. The minimum atomic E-state index is 0.473. The zero-order chi connectivity index (χ0) is 7.98. The second-order valence-corrected chi connectivity index (χ2v) is 3.10. The summed E-state index contributed by atoms with van der Waals surface area (Å²) in [6.45, 7) is 7.83. The van der Waals surface area contributed by atoms with Gasteiger partial charge in [-0.3, -0.25) is 4.90 Å². The van der Waals surface area contributed by atoms with Crippen molar-refractivity contribution >= 4 is 15.9 Å². The van der Waals surface area contributed by atoms with Gasteiger partial charge in [0.2, 0.25) is 0 Å². The standard InChI is InChI=1S/C7H11BrN2/c1-3-10(5-4-9)6-7(2)8/h2-3,5-6H2,1H3. The molecule has 0 fully saturated rings. The van der Waals surface area contributed by atoms with E-state index in [0.29, 0.717) is 6.54 Å². The molecule has 0 radical (unpaired) electrons. The molecule has 2 nitrogen and oxygen atoms in total. The van der Waals surface area contributed by atoms with E-state index in [1.54, 1.807) is 0 Å². The van der Waals surface area contributed by atoms with Gasteiger partial charge in [0, 0.05) is 11.0 Å². The van der Waals surface area contributed by atoms with Gasteiger partial charge in [0.25, 0.3) is 0 Å². The van der Waals surface area contributed by atoms with E-state index in [2.05, 4.69) is 28.6 Å². The molecule has 10 heavy (non-hydrogen) atoms. The Bertz CT molecular complexity index is 148. The van der Waals surface area contributed by atoms with E-state index in [1.807, 2.05) is 11.8 Å². The molecule has 0 atom stereocenters. The van der Waals surface area contributed by atoms with Gasteiger partial charge in [0.05, 0.1) is 12.6 Å². The second-order valence-electron chi connectivity index (χ2n) is 1.98. The lowest BCUT2D eigenvalue weighted by atomic mass is 10.4. The van der Waals surface area contributed by atoms with E-state index < -0.39 is 0 Å². The molecule has 0 aliphatic rings. The average molecular weight is 203 g/mol. The van der Waals surface area contributed by atoms with Crippen molar-refractivity contribution < 1.29 is 0 Å². The fourth-order valence-electron chi connectivity index (χ4n) is 0.622. The summed E-state index contributed by atoms with van der Waals surface area (Å²) in [4.78, 5) is 2.00. The summed E-state index contributed by atoms with van der Waals surface area (Å²) in [6, 6.07) is 2.09. The summed E-state index contributed by atoms with van der Waals surface area (Å²) in [5, 5.41) is 8.34. The van der Waals surface area contributed by atoms with E-state index in [0.717, 1.165) is 17.6 Å². The van der Waals surface area contributed by atoms with E-state index in [4.69, 9.17) is 5.26 Å². The Hall–Kier alpha value is -0.330. The minimum absolute atomic E-state index is 0.473. The van der Waals surface area contributed by atoms with Crippen LogP contribution in [0.25, 0.3) is 0 Å². The molecule has 0 heterocycles. The topological polar surface area (TPSA) is 27.0 Å². The Morgan fingerprint density at radius 2 is 2.40 bits per heavy atom. The Labute approximate surface area is 70.3 Å². The van der Waals surface area contributed by atoms with Gasteiger partial charge in [-0.05, 0) is 6.54 Å². The Balaban J connectivity index is 3.62. The lowest BCUT2D eigenvalue weighted by molar-refractivity contribution is 0.357. The highest BCUT2D eigenvalue weighted by Gasteiger charge is 1.99. The molecule has 0 unspecified atom stereocenters. The van der Waals surface area contributed by atoms with Crippen molar-refractivity contribution in [2.24, 2.45) is 0 Å². The molecule has 3 heteroatoms. The van der Waals surface area contributed by atoms with E-state index in [1.165, 1.54) is 0 Å². The van der Waals surface area contributed by atoms with Crippen LogP contribution < -0.4 is 0 Å². The zero-order valence-corrected chi connectivity index (χ0v) is 7.69. The van der Waals surface area contributed by atoms with Crippen LogP contribution in [-0.2, 0) is 0 Å². The molecule has 0 aliphatic heterocycles. The highest BCUT2D eigenvalue weighted by atomic mass is 79.9. The molecule has 0 aromatic carbocycles. The number of hydrogen-bond acceptors (Lipinski definition) is 2. The van der Waals surface area contributed by atoms with E-state index in [9.17, 15) is 0 Å². The smallest absolute Gasteiger partial charge is 0.0868 e. The van der Waals surface area contributed by atoms with Crippen LogP contribution >= 0.6 is 15.9 Å². The SMILES string of the molecule is C=C(Br)CN(CC)CC#N. The zero-order valence-electron chi connectivity index (χ0n) is 6.10. The number of likely N-dealkylation sites (N-methyl/N-ethyl adjacent to an activating group) is 1. The highest BCUT2D eigenvalue weighted by molar-refractivity contribution is 9.11. The van der Waals surface area contributed by atoms with E-state index in [-0.39, 0.29) is 0 Å². The molecule has 0 spiro atoms. The number of rotatable bonds is 4. The van der Waals surface area contributed by atoms with Crippen LogP contribution in [0.1, 0.15) is 6.92 Å². The predicted molar refractivity (Wildman–Crippen MR) is 45.8 cm³/mol. The maximum absolute atomic E-state index is 8.34. The summed E-state index contributed by atoms with van der Waals surface area (Å²) >= 11 is 3.24. The van der Waals surface area contributed by atoms with Crippen LogP contribution in [0.5, 0.6) is 0 Å². The van der Waals surface area contributed by atoms with Crippen LogP contribution in [0, 0.1) is 11.3 Å². The summed E-state index contributed by atoms with van der Waals surface area (Å²) in [5.41, 5.74) is 0. The molecule has 0 aliphatic carbocycles. The van der Waals surface area contributed by atoms with Crippen molar-refractivity contribution in [1.82, 2.24) is 4.90 Å². The van der Waals surface area contributed by atoms with Crippen LogP contribution in [-0.4, -0.2) is 24.5 Å². The van der Waals surface area contributed by atoms with Gasteiger partial charge >= 0.3 is 0 Å². The Morgan fingerprint density at radius 1 is 1.80 bits per heavy atom. The van der Waals surface area contributed by atoms with Gasteiger partial charge in [-0.1, -0.05) is 29.4 Å². The average Bonchev–Trinajstić information content (AvgIpc) is 1.86. The Kier molecular flexibility index (Phi) is 5.27. The number of hydrogen-bond donors (Lipinski definition) is 0. The van der Waals surface area contributed by atoms with Crippen molar-refractivity contribution in [3.8, 4) is 6.07 Å². The van der Waals surface area contributed by atoms with Crippen molar-refractivity contribution in [2.45, 2.75) is 6.92 Å². The monoisotopic (exact) mass is 202 g/mol. The molecular weight excluding hydrogens is 192 g/mol. The van der Waals surface area contributed by atoms with Crippen molar-refractivity contribution in [3.63, 3.8) is 0 Å². The summed E-state index contributed by atoms with van der Waals surface area (Å²) in [7, 11) is 0. The van der Waals surface area contributed by atoms with Crippen molar-refractivity contribution in [1.29, 1.82) is 5.26 Å². The number of nitriles is 1. The lowest BCUT2D eigenvalue weighted by Gasteiger charge is -2.14. The molecule has 0 rings (SSSR count). The van der Waals surface area contributed by atoms with Gasteiger partial charge in [0.1, 0.15) is 0 Å². The number of nitrogens with zero attached hydrogens (tertiary/aromatic N) is 2. The van der Waals surface area contributed by atoms with Gasteiger partial charge in [-0.2, -0.15) is 5.26 Å². The molecule has 0 aromatic heterocycles. The van der Waals surface area contributed by atoms with Crippen LogP contribution in [0.3, 0.4) is 0 Å². The van der Waals surface area contributed by atoms with Crippen LogP contribution in [0.15, 0.2) is 11.1 Å². The molecule has 56 valence electrons. The molecular formula is C7H11BrN2. The van der Waals surface area contributed by atoms with Crippen LogP contribution in [0.4, 0.5) is 0 Å². The van der Waals surface area contributed by atoms with Gasteiger partial charge in [-0.25, -0.2) is 0 Å². The first-order chi connectivity index (χ1) is 4.70. The van der Waals surface area contributed by atoms with Gasteiger partial charge < -0.3 is 0 Å². The molecule has 0 aromatic rings. The minimum Gasteiger partial charge on any atom is -0.286 e. The summed E-state index contributed by atoms with van der Waals surface area (Å²) in [5.74, 6) is 0. The maximum Gasteiger partial charge on any atom is 0.0868 e. The molecule has 0 saturated carbocycles. The normalized spacial score (nSPS) is 9.40. The molecule has 0 amide bonds. The molecule has 0 N–H and O–H groups in total. The number of halogens is 1.